The molecule has 0 aliphatic heterocycles. The van der Waals surface area contributed by atoms with Gasteiger partial charge < -0.3 is 0 Å². The molecule has 0 aromatic heterocycles. The molecule has 9 atom stereocenters. The second-order valence-corrected chi connectivity index (χ2v) is 11.0. The van der Waals surface area contributed by atoms with E-state index in [-0.39, 0.29) is 0 Å². The van der Waals surface area contributed by atoms with Crippen LogP contribution in [0, 0.1) is 59.2 Å². The van der Waals surface area contributed by atoms with Gasteiger partial charge in [-0.1, -0.05) is 73.6 Å². The molecule has 3 rings (SSSR count). The van der Waals surface area contributed by atoms with Gasteiger partial charge in [0.05, 0.1) is 0 Å². The fourth-order valence-corrected chi connectivity index (χ4v) is 7.92. The molecular formula is C25H46. The maximum atomic E-state index is 2.61. The van der Waals surface area contributed by atoms with Crippen LogP contribution in [-0.4, -0.2) is 0 Å². The molecule has 0 amide bonds. The molecule has 0 aromatic carbocycles. The first-order valence-electron chi connectivity index (χ1n) is 11.9. The summed E-state index contributed by atoms with van der Waals surface area (Å²) in [6, 6.07) is 0. The Morgan fingerprint density at radius 2 is 1.64 bits per heavy atom. The lowest BCUT2D eigenvalue weighted by molar-refractivity contribution is 0.146. The molecule has 3 saturated carbocycles. The van der Waals surface area contributed by atoms with Gasteiger partial charge in [-0.2, -0.15) is 0 Å². The van der Waals surface area contributed by atoms with E-state index in [0.29, 0.717) is 0 Å². The van der Waals surface area contributed by atoms with E-state index < -0.39 is 0 Å². The Morgan fingerprint density at radius 3 is 2.32 bits per heavy atom. The van der Waals surface area contributed by atoms with Crippen LogP contribution >= 0.6 is 0 Å². The van der Waals surface area contributed by atoms with Crippen LogP contribution in [0.1, 0.15) is 99.3 Å². The van der Waals surface area contributed by atoms with Gasteiger partial charge in [0.15, 0.2) is 0 Å². The van der Waals surface area contributed by atoms with Crippen molar-refractivity contribution in [2.75, 3.05) is 0 Å². The first-order valence-corrected chi connectivity index (χ1v) is 11.9. The van der Waals surface area contributed by atoms with Gasteiger partial charge in [-0.05, 0) is 84.9 Å². The molecule has 146 valence electrons. The van der Waals surface area contributed by atoms with Gasteiger partial charge in [-0.15, -0.1) is 0 Å². The molecule has 25 heavy (non-hydrogen) atoms. The smallest absolute Gasteiger partial charge is 0.0326 e. The zero-order chi connectivity index (χ0) is 18.1. The number of rotatable bonds is 7. The van der Waals surface area contributed by atoms with Gasteiger partial charge in [0.25, 0.3) is 0 Å². The van der Waals surface area contributed by atoms with Crippen LogP contribution < -0.4 is 0 Å². The van der Waals surface area contributed by atoms with Gasteiger partial charge >= 0.3 is 0 Å². The van der Waals surface area contributed by atoms with Crippen LogP contribution in [-0.2, 0) is 0 Å². The van der Waals surface area contributed by atoms with Crippen molar-refractivity contribution in [3.63, 3.8) is 0 Å². The zero-order valence-corrected chi connectivity index (χ0v) is 18.1. The summed E-state index contributed by atoms with van der Waals surface area (Å²) < 4.78 is 0. The second-order valence-electron chi connectivity index (χ2n) is 11.0. The Bertz CT molecular complexity index is 410. The van der Waals surface area contributed by atoms with Crippen LogP contribution in [0.25, 0.3) is 0 Å². The lowest BCUT2D eigenvalue weighted by Gasteiger charge is -2.34. The van der Waals surface area contributed by atoms with Crippen LogP contribution in [0.2, 0.25) is 0 Å². The molecule has 0 heterocycles. The Hall–Kier alpha value is 0. The number of hydrogen-bond donors (Lipinski definition) is 0. The van der Waals surface area contributed by atoms with Gasteiger partial charge in [0, 0.05) is 0 Å². The van der Waals surface area contributed by atoms with E-state index in [4.69, 9.17) is 0 Å². The Labute approximate surface area is 158 Å². The Kier molecular flexibility index (Phi) is 6.60. The highest BCUT2D eigenvalue weighted by Crippen LogP contribution is 2.57. The monoisotopic (exact) mass is 346 g/mol. The second kappa shape index (κ2) is 8.35. The summed E-state index contributed by atoms with van der Waals surface area (Å²) in [5, 5.41) is 0. The summed E-state index contributed by atoms with van der Waals surface area (Å²) in [5.74, 6) is 10.1. The maximum Gasteiger partial charge on any atom is -0.0326 e. The van der Waals surface area contributed by atoms with Gasteiger partial charge in [-0.3, -0.25) is 0 Å². The summed E-state index contributed by atoms with van der Waals surface area (Å²) in [7, 11) is 0. The molecular weight excluding hydrogens is 300 g/mol. The third kappa shape index (κ3) is 4.14. The largest absolute Gasteiger partial charge is 0.0651 e. The summed E-state index contributed by atoms with van der Waals surface area (Å²) >= 11 is 0. The predicted octanol–water partition coefficient (Wildman–Crippen LogP) is 7.82. The van der Waals surface area contributed by atoms with Crippen LogP contribution in [0.3, 0.4) is 0 Å². The summed E-state index contributed by atoms with van der Waals surface area (Å²) in [6.07, 6.45) is 13.6. The van der Waals surface area contributed by atoms with Crippen molar-refractivity contribution in [3.05, 3.63) is 0 Å². The molecule has 0 heteroatoms. The Morgan fingerprint density at radius 1 is 0.920 bits per heavy atom. The van der Waals surface area contributed by atoms with Gasteiger partial charge in [0.1, 0.15) is 0 Å². The first kappa shape index (κ1) is 19.8. The van der Waals surface area contributed by atoms with E-state index in [1.54, 1.807) is 6.42 Å². The van der Waals surface area contributed by atoms with Gasteiger partial charge in [0.2, 0.25) is 0 Å². The van der Waals surface area contributed by atoms with Crippen molar-refractivity contribution < 1.29 is 0 Å². The fraction of sp³-hybridized carbons (Fsp3) is 1.00. The van der Waals surface area contributed by atoms with Crippen LogP contribution in [0.5, 0.6) is 0 Å². The molecule has 0 saturated heterocycles. The molecule has 0 bridgehead atoms. The van der Waals surface area contributed by atoms with Crippen molar-refractivity contribution in [2.45, 2.75) is 99.3 Å². The molecule has 0 N–H and O–H groups in total. The van der Waals surface area contributed by atoms with E-state index in [1.807, 2.05) is 0 Å². The third-order valence-electron chi connectivity index (χ3n) is 9.04. The standard InChI is InChI=1S/C25H46/c1-7-20-13-17(4)14-21(20)10-8-9-18(5)23-15-22-12-11-19(6)25(22)24(23)16(2)3/h16-25H,7-15H2,1-6H3. The van der Waals surface area contributed by atoms with E-state index in [2.05, 4.69) is 41.5 Å². The first-order chi connectivity index (χ1) is 11.9. The quantitative estimate of drug-likeness (QED) is 0.441. The van der Waals surface area contributed by atoms with E-state index in [9.17, 15) is 0 Å². The average Bonchev–Trinajstić information content (AvgIpc) is 3.21. The van der Waals surface area contributed by atoms with E-state index >= 15 is 0 Å². The minimum atomic E-state index is 0.892. The van der Waals surface area contributed by atoms with Crippen molar-refractivity contribution >= 4 is 0 Å². The molecule has 0 radical (unpaired) electrons. The number of hydrogen-bond acceptors (Lipinski definition) is 0. The third-order valence-corrected chi connectivity index (χ3v) is 9.04. The lowest BCUT2D eigenvalue weighted by Crippen LogP contribution is -2.28. The lowest BCUT2D eigenvalue weighted by atomic mass is 9.71. The van der Waals surface area contributed by atoms with Crippen molar-refractivity contribution in [1.29, 1.82) is 0 Å². The summed E-state index contributed by atoms with van der Waals surface area (Å²) in [4.78, 5) is 0. The van der Waals surface area contributed by atoms with Gasteiger partial charge in [-0.25, -0.2) is 0 Å². The molecule has 0 nitrogen and oxygen atoms in total. The fourth-order valence-electron chi connectivity index (χ4n) is 7.92. The summed E-state index contributed by atoms with van der Waals surface area (Å²) in [5.41, 5.74) is 0. The van der Waals surface area contributed by atoms with Crippen molar-refractivity contribution in [1.82, 2.24) is 0 Å². The summed E-state index contributed by atoms with van der Waals surface area (Å²) in [6.45, 7) is 15.1. The SMILES string of the molecule is CCC1CC(C)CC1CCCC(C)C1CC2CCC(C)C2C1C(C)C. The highest BCUT2D eigenvalue weighted by Gasteiger charge is 2.50. The predicted molar refractivity (Wildman–Crippen MR) is 110 cm³/mol. The topological polar surface area (TPSA) is 0 Å². The molecule has 3 aliphatic rings. The minimum absolute atomic E-state index is 0.892. The highest BCUT2D eigenvalue weighted by atomic mass is 14.5. The van der Waals surface area contributed by atoms with E-state index in [1.165, 1.54) is 51.4 Å². The van der Waals surface area contributed by atoms with Crippen molar-refractivity contribution in [2.24, 2.45) is 59.2 Å². The van der Waals surface area contributed by atoms with E-state index in [0.717, 1.165) is 59.2 Å². The molecule has 0 aromatic rings. The zero-order valence-electron chi connectivity index (χ0n) is 18.1. The molecule has 3 fully saturated rings. The molecule has 0 spiro atoms. The average molecular weight is 347 g/mol. The van der Waals surface area contributed by atoms with Crippen LogP contribution in [0.15, 0.2) is 0 Å². The Balaban J connectivity index is 1.51. The number of fused-ring (bicyclic) bond motifs is 1. The van der Waals surface area contributed by atoms with Crippen LogP contribution in [0.4, 0.5) is 0 Å². The highest BCUT2D eigenvalue weighted by molar-refractivity contribution is 4.99. The van der Waals surface area contributed by atoms with Crippen molar-refractivity contribution in [3.8, 4) is 0 Å². The maximum absolute atomic E-state index is 2.61. The minimum Gasteiger partial charge on any atom is -0.0651 e. The molecule has 9 unspecified atom stereocenters. The molecule has 3 aliphatic carbocycles. The normalized spacial score (nSPS) is 45.2.